The quantitative estimate of drug-likeness (QED) is 0.237. The molecule has 0 amide bonds. The number of hydrogen-bond donors (Lipinski definition) is 0. The van der Waals surface area contributed by atoms with Gasteiger partial charge in [0.25, 0.3) is 0 Å². The molecule has 1 fully saturated rings. The molecule has 5 atom stereocenters. The Hall–Kier alpha value is -2.81. The van der Waals surface area contributed by atoms with Crippen molar-refractivity contribution in [2.24, 2.45) is 0 Å². The monoisotopic (exact) mass is 528 g/mol. The zero-order valence-electron chi connectivity index (χ0n) is 20.3. The molecule has 1 heterocycles. The van der Waals surface area contributed by atoms with Crippen molar-refractivity contribution in [3.63, 3.8) is 0 Å². The molecule has 0 unspecified atom stereocenters. The molecule has 6 nitrogen and oxygen atoms in total. The van der Waals surface area contributed by atoms with E-state index in [1.54, 1.807) is 0 Å². The minimum atomic E-state index is -1.83. The standard InChI is InChI=1S/C29H30ClFO6/c30-16-25(32)33-20-24-26(34-17-21-10-4-1-5-11-21)27(35-18-22-12-6-2-7-13-22)28(29(31)37-24)36-19-23-14-8-3-9-15-23/h1-15,24,26-29H,16-20H2/t24-,26-,27+,28+,29+/m1/s1. The van der Waals surface area contributed by atoms with Crippen LogP contribution in [0.25, 0.3) is 0 Å². The van der Waals surface area contributed by atoms with Crippen molar-refractivity contribution in [3.8, 4) is 0 Å². The van der Waals surface area contributed by atoms with Gasteiger partial charge in [0.15, 0.2) is 0 Å². The van der Waals surface area contributed by atoms with Crippen LogP contribution in [0.4, 0.5) is 4.39 Å². The van der Waals surface area contributed by atoms with Crippen molar-refractivity contribution in [2.45, 2.75) is 50.6 Å². The molecule has 0 radical (unpaired) electrons. The summed E-state index contributed by atoms with van der Waals surface area (Å²) in [5.74, 6) is -0.954. The van der Waals surface area contributed by atoms with Crippen LogP contribution in [0, 0.1) is 0 Å². The Balaban J connectivity index is 1.57. The smallest absolute Gasteiger partial charge is 0.320 e. The van der Waals surface area contributed by atoms with Gasteiger partial charge in [-0.2, -0.15) is 0 Å². The van der Waals surface area contributed by atoms with Crippen LogP contribution in [0.2, 0.25) is 0 Å². The predicted molar refractivity (Wildman–Crippen MR) is 137 cm³/mol. The Morgan fingerprint density at radius 1 is 0.703 bits per heavy atom. The van der Waals surface area contributed by atoms with Gasteiger partial charge in [-0.1, -0.05) is 91.0 Å². The van der Waals surface area contributed by atoms with Gasteiger partial charge in [0.1, 0.15) is 36.9 Å². The number of ether oxygens (including phenoxy) is 5. The molecule has 196 valence electrons. The van der Waals surface area contributed by atoms with E-state index >= 15 is 4.39 Å². The molecule has 1 aliphatic rings. The number of alkyl halides is 2. The molecule has 4 rings (SSSR count). The van der Waals surface area contributed by atoms with Gasteiger partial charge in [0.2, 0.25) is 6.36 Å². The molecule has 0 spiro atoms. The molecule has 0 aliphatic carbocycles. The summed E-state index contributed by atoms with van der Waals surface area (Å²) >= 11 is 5.58. The summed E-state index contributed by atoms with van der Waals surface area (Å²) in [6.07, 6.45) is -5.48. The van der Waals surface area contributed by atoms with Crippen LogP contribution in [0.5, 0.6) is 0 Å². The first-order valence-electron chi connectivity index (χ1n) is 12.1. The largest absolute Gasteiger partial charge is 0.462 e. The van der Waals surface area contributed by atoms with E-state index in [2.05, 4.69) is 0 Å². The van der Waals surface area contributed by atoms with E-state index in [0.29, 0.717) is 0 Å². The number of benzene rings is 3. The van der Waals surface area contributed by atoms with Gasteiger partial charge in [0.05, 0.1) is 19.8 Å². The molecule has 8 heteroatoms. The third-order valence-electron chi connectivity index (χ3n) is 5.95. The van der Waals surface area contributed by atoms with Crippen molar-refractivity contribution < 1.29 is 32.9 Å². The second-order valence-electron chi connectivity index (χ2n) is 8.63. The van der Waals surface area contributed by atoms with Gasteiger partial charge >= 0.3 is 5.97 Å². The topological polar surface area (TPSA) is 63.2 Å². The maximum Gasteiger partial charge on any atom is 0.320 e. The highest BCUT2D eigenvalue weighted by Crippen LogP contribution is 2.31. The molecule has 0 bridgehead atoms. The number of esters is 1. The lowest BCUT2D eigenvalue weighted by Gasteiger charge is -2.43. The van der Waals surface area contributed by atoms with Crippen molar-refractivity contribution >= 4 is 17.6 Å². The van der Waals surface area contributed by atoms with E-state index in [0.717, 1.165) is 16.7 Å². The van der Waals surface area contributed by atoms with E-state index in [1.807, 2.05) is 91.0 Å². The van der Waals surface area contributed by atoms with Gasteiger partial charge in [-0.15, -0.1) is 11.6 Å². The predicted octanol–water partition coefficient (Wildman–Crippen LogP) is 5.22. The van der Waals surface area contributed by atoms with Crippen LogP contribution in [-0.2, 0) is 48.3 Å². The van der Waals surface area contributed by atoms with Gasteiger partial charge in [-0.05, 0) is 16.7 Å². The van der Waals surface area contributed by atoms with Crippen LogP contribution >= 0.6 is 11.6 Å². The summed E-state index contributed by atoms with van der Waals surface area (Å²) in [6.45, 7) is 0.366. The maximum atomic E-state index is 15.5. The molecule has 3 aromatic carbocycles. The highest BCUT2D eigenvalue weighted by molar-refractivity contribution is 6.26. The number of hydrogen-bond acceptors (Lipinski definition) is 6. The third kappa shape index (κ3) is 8.09. The lowest BCUT2D eigenvalue weighted by Crippen LogP contribution is -2.60. The Kier molecular flexibility index (Phi) is 10.5. The zero-order valence-corrected chi connectivity index (χ0v) is 21.0. The summed E-state index contributed by atoms with van der Waals surface area (Å²) in [5, 5.41) is 0. The van der Waals surface area contributed by atoms with Crippen LogP contribution in [-0.4, -0.2) is 49.2 Å². The lowest BCUT2D eigenvalue weighted by molar-refractivity contribution is -0.297. The summed E-state index contributed by atoms with van der Waals surface area (Å²) in [6, 6.07) is 28.6. The second-order valence-corrected chi connectivity index (χ2v) is 8.89. The molecular weight excluding hydrogens is 499 g/mol. The Morgan fingerprint density at radius 2 is 1.14 bits per heavy atom. The van der Waals surface area contributed by atoms with Gasteiger partial charge < -0.3 is 23.7 Å². The lowest BCUT2D eigenvalue weighted by atomic mass is 9.98. The summed E-state index contributed by atoms with van der Waals surface area (Å²) in [7, 11) is 0. The summed E-state index contributed by atoms with van der Waals surface area (Å²) < 4.78 is 44.9. The fraction of sp³-hybridized carbons (Fsp3) is 0.345. The van der Waals surface area contributed by atoms with Gasteiger partial charge in [-0.3, -0.25) is 4.79 Å². The van der Waals surface area contributed by atoms with Crippen LogP contribution in [0.3, 0.4) is 0 Å². The summed E-state index contributed by atoms with van der Waals surface area (Å²) in [5.41, 5.74) is 2.72. The number of carbonyl (C=O) groups is 1. The average molecular weight is 529 g/mol. The normalized spacial score (nSPS) is 23.5. The first kappa shape index (κ1) is 27.2. The van der Waals surface area contributed by atoms with Crippen LogP contribution in [0.1, 0.15) is 16.7 Å². The SMILES string of the molecule is O=C(CCl)OC[C@H]1O[C@H](F)[C@@H](OCc2ccccc2)[C@@H](OCc2ccccc2)[C@@H]1OCc1ccccc1. The van der Waals surface area contributed by atoms with E-state index in [9.17, 15) is 4.79 Å². The maximum absolute atomic E-state index is 15.5. The Bertz CT molecular complexity index is 1070. The summed E-state index contributed by atoms with van der Waals surface area (Å²) in [4.78, 5) is 11.7. The minimum absolute atomic E-state index is 0.164. The van der Waals surface area contributed by atoms with Crippen LogP contribution < -0.4 is 0 Å². The highest BCUT2D eigenvalue weighted by atomic mass is 35.5. The number of carbonyl (C=O) groups excluding carboxylic acids is 1. The van der Waals surface area contributed by atoms with Crippen molar-refractivity contribution in [1.29, 1.82) is 0 Å². The molecule has 1 saturated heterocycles. The first-order chi connectivity index (χ1) is 18.1. The van der Waals surface area contributed by atoms with Crippen molar-refractivity contribution in [1.82, 2.24) is 0 Å². The molecule has 3 aromatic rings. The third-order valence-corrected chi connectivity index (χ3v) is 6.17. The van der Waals surface area contributed by atoms with Crippen molar-refractivity contribution in [2.75, 3.05) is 12.5 Å². The minimum Gasteiger partial charge on any atom is -0.462 e. The van der Waals surface area contributed by atoms with Gasteiger partial charge in [0, 0.05) is 0 Å². The Labute approximate surface area is 221 Å². The van der Waals surface area contributed by atoms with E-state index in [4.69, 9.17) is 35.3 Å². The number of rotatable bonds is 12. The first-order valence-corrected chi connectivity index (χ1v) is 12.6. The molecule has 0 saturated carbocycles. The van der Waals surface area contributed by atoms with Crippen molar-refractivity contribution in [3.05, 3.63) is 108 Å². The fourth-order valence-electron chi connectivity index (χ4n) is 4.08. The fourth-order valence-corrected chi connectivity index (χ4v) is 4.16. The second kappa shape index (κ2) is 14.2. The molecule has 37 heavy (non-hydrogen) atoms. The van der Waals surface area contributed by atoms with E-state index in [1.165, 1.54) is 0 Å². The highest BCUT2D eigenvalue weighted by Gasteiger charge is 2.49. The zero-order chi connectivity index (χ0) is 25.9. The average Bonchev–Trinajstić information content (AvgIpc) is 2.95. The van der Waals surface area contributed by atoms with Gasteiger partial charge in [-0.25, -0.2) is 4.39 Å². The molecule has 0 N–H and O–H groups in total. The Morgan fingerprint density at radius 3 is 1.59 bits per heavy atom. The van der Waals surface area contributed by atoms with E-state index < -0.39 is 36.7 Å². The van der Waals surface area contributed by atoms with E-state index in [-0.39, 0.29) is 32.3 Å². The molecular formula is C29H30ClFO6. The molecule has 0 aromatic heterocycles. The van der Waals surface area contributed by atoms with Crippen LogP contribution in [0.15, 0.2) is 91.0 Å². The number of halogens is 2. The molecule has 1 aliphatic heterocycles.